The van der Waals surface area contributed by atoms with Gasteiger partial charge in [0.25, 0.3) is 0 Å². The van der Waals surface area contributed by atoms with Crippen LogP contribution in [0.1, 0.15) is 39.7 Å². The third-order valence-corrected chi connectivity index (χ3v) is 3.98. The van der Waals surface area contributed by atoms with Gasteiger partial charge in [-0.1, -0.05) is 45.9 Å². The first kappa shape index (κ1) is 19.7. The molecule has 1 heterocycles. The van der Waals surface area contributed by atoms with Crippen LogP contribution in [0.15, 0.2) is 42.7 Å². The molecule has 6 nitrogen and oxygen atoms in total. The van der Waals surface area contributed by atoms with Crippen molar-refractivity contribution >= 4 is 11.8 Å². The fraction of sp³-hybridized carbons (Fsp3) is 0.450. The van der Waals surface area contributed by atoms with E-state index in [1.54, 1.807) is 10.9 Å². The van der Waals surface area contributed by atoms with Crippen molar-refractivity contribution in [2.45, 2.75) is 46.7 Å². The van der Waals surface area contributed by atoms with Gasteiger partial charge in [-0.05, 0) is 24.0 Å². The smallest absolute Gasteiger partial charge is 0.243 e. The molecule has 0 bridgehead atoms. The van der Waals surface area contributed by atoms with E-state index in [4.69, 9.17) is 0 Å². The number of para-hydroxylation sites is 1. The van der Waals surface area contributed by atoms with Gasteiger partial charge in [0.1, 0.15) is 6.04 Å². The zero-order valence-electron chi connectivity index (χ0n) is 15.9. The molecule has 1 unspecified atom stereocenters. The fourth-order valence-corrected chi connectivity index (χ4v) is 2.61. The van der Waals surface area contributed by atoms with E-state index in [0.29, 0.717) is 13.0 Å². The van der Waals surface area contributed by atoms with Gasteiger partial charge in [0.15, 0.2) is 0 Å². The van der Waals surface area contributed by atoms with Crippen molar-refractivity contribution in [3.8, 4) is 5.69 Å². The van der Waals surface area contributed by atoms with Gasteiger partial charge >= 0.3 is 0 Å². The molecule has 0 spiro atoms. The number of rotatable bonds is 8. The molecule has 0 aliphatic rings. The predicted molar refractivity (Wildman–Crippen MR) is 102 cm³/mol. The van der Waals surface area contributed by atoms with Crippen LogP contribution in [-0.4, -0.2) is 27.6 Å². The highest BCUT2D eigenvalue weighted by molar-refractivity contribution is 5.87. The summed E-state index contributed by atoms with van der Waals surface area (Å²) in [6.45, 7) is 8.18. The highest BCUT2D eigenvalue weighted by Crippen LogP contribution is 2.09. The zero-order chi connectivity index (χ0) is 19.1. The lowest BCUT2D eigenvalue weighted by molar-refractivity contribution is -0.130. The third kappa shape index (κ3) is 5.72. The Hall–Kier alpha value is -2.63. The molecule has 2 N–H and O–H groups in total. The number of carbonyl (C=O) groups is 2. The minimum absolute atomic E-state index is 0.0122. The van der Waals surface area contributed by atoms with Crippen molar-refractivity contribution in [1.82, 2.24) is 20.4 Å². The Balaban J connectivity index is 1.93. The molecule has 1 aromatic heterocycles. The van der Waals surface area contributed by atoms with Gasteiger partial charge < -0.3 is 10.6 Å². The Labute approximate surface area is 155 Å². The summed E-state index contributed by atoms with van der Waals surface area (Å²) < 4.78 is 1.77. The summed E-state index contributed by atoms with van der Waals surface area (Å²) in [5, 5.41) is 10.1. The third-order valence-electron chi connectivity index (χ3n) is 3.98. The van der Waals surface area contributed by atoms with Gasteiger partial charge in [-0.25, -0.2) is 4.68 Å². The largest absolute Gasteiger partial charge is 0.350 e. The van der Waals surface area contributed by atoms with Crippen LogP contribution in [0.2, 0.25) is 0 Å². The first-order chi connectivity index (χ1) is 12.4. The van der Waals surface area contributed by atoms with E-state index in [-0.39, 0.29) is 23.7 Å². The molecule has 0 saturated heterocycles. The van der Waals surface area contributed by atoms with E-state index >= 15 is 0 Å². The maximum atomic E-state index is 12.5. The normalized spacial score (nSPS) is 12.2. The molecule has 6 heteroatoms. The summed E-state index contributed by atoms with van der Waals surface area (Å²) in [5.74, 6) is 0.00293. The summed E-state index contributed by atoms with van der Waals surface area (Å²) in [6.07, 6.45) is 4.03. The van der Waals surface area contributed by atoms with E-state index in [1.807, 2.05) is 64.2 Å². The van der Waals surface area contributed by atoms with Gasteiger partial charge in [-0.2, -0.15) is 5.10 Å². The molecular formula is C20H28N4O2. The Morgan fingerprint density at radius 3 is 2.42 bits per heavy atom. The Bertz CT molecular complexity index is 722. The van der Waals surface area contributed by atoms with E-state index in [9.17, 15) is 9.59 Å². The molecule has 0 aliphatic carbocycles. The summed E-state index contributed by atoms with van der Waals surface area (Å²) in [7, 11) is 0. The van der Waals surface area contributed by atoms with Gasteiger partial charge in [0, 0.05) is 24.7 Å². The van der Waals surface area contributed by atoms with Gasteiger partial charge in [-0.3, -0.25) is 9.59 Å². The van der Waals surface area contributed by atoms with Gasteiger partial charge in [-0.15, -0.1) is 0 Å². The van der Waals surface area contributed by atoms with E-state index < -0.39 is 6.04 Å². The molecule has 1 aromatic carbocycles. The molecule has 26 heavy (non-hydrogen) atoms. The summed E-state index contributed by atoms with van der Waals surface area (Å²) >= 11 is 0. The second kappa shape index (κ2) is 9.17. The fourth-order valence-electron chi connectivity index (χ4n) is 2.61. The topological polar surface area (TPSA) is 76.0 Å². The number of carbonyl (C=O) groups excluding carboxylic acids is 2. The van der Waals surface area contributed by atoms with Crippen molar-refractivity contribution < 1.29 is 9.59 Å². The maximum absolute atomic E-state index is 12.5. The predicted octanol–water partition coefficient (Wildman–Crippen LogP) is 2.68. The highest BCUT2D eigenvalue weighted by atomic mass is 16.2. The summed E-state index contributed by atoms with van der Waals surface area (Å²) in [6, 6.07) is 9.25. The molecule has 0 aliphatic heterocycles. The van der Waals surface area contributed by atoms with Crippen LogP contribution in [0.25, 0.3) is 5.69 Å². The second-order valence-electron chi connectivity index (χ2n) is 7.23. The first-order valence-electron chi connectivity index (χ1n) is 9.03. The van der Waals surface area contributed by atoms with Crippen LogP contribution >= 0.6 is 0 Å². The Morgan fingerprint density at radius 1 is 1.12 bits per heavy atom. The van der Waals surface area contributed by atoms with Crippen LogP contribution < -0.4 is 10.6 Å². The molecule has 140 valence electrons. The van der Waals surface area contributed by atoms with Gasteiger partial charge in [0.2, 0.25) is 11.8 Å². The lowest BCUT2D eigenvalue weighted by atomic mass is 10.0. The first-order valence-corrected chi connectivity index (χ1v) is 9.03. The minimum atomic E-state index is -0.537. The van der Waals surface area contributed by atoms with Gasteiger partial charge in [0.05, 0.1) is 11.9 Å². The van der Waals surface area contributed by atoms with Crippen LogP contribution in [0.5, 0.6) is 0 Å². The summed E-state index contributed by atoms with van der Waals surface area (Å²) in [4.78, 5) is 24.5. The zero-order valence-corrected chi connectivity index (χ0v) is 15.9. The number of hydrogen-bond acceptors (Lipinski definition) is 3. The lowest BCUT2D eigenvalue weighted by Crippen LogP contribution is -2.49. The molecule has 2 rings (SSSR count). The van der Waals surface area contributed by atoms with Crippen LogP contribution in [0.4, 0.5) is 0 Å². The SMILES string of the molecule is CC(C)CC(=O)NC(C(=O)NCc1cnn(-c2ccccc2)c1)C(C)C. The van der Waals surface area contributed by atoms with Crippen molar-refractivity contribution in [2.75, 3.05) is 0 Å². The van der Waals surface area contributed by atoms with E-state index in [2.05, 4.69) is 15.7 Å². The number of hydrogen-bond donors (Lipinski definition) is 2. The molecule has 0 saturated carbocycles. The van der Waals surface area contributed by atoms with Crippen LogP contribution in [-0.2, 0) is 16.1 Å². The van der Waals surface area contributed by atoms with E-state index in [0.717, 1.165) is 11.3 Å². The minimum Gasteiger partial charge on any atom is -0.350 e. The number of aromatic nitrogens is 2. The Kier molecular flexibility index (Phi) is 6.95. The van der Waals surface area contributed by atoms with Crippen molar-refractivity contribution in [3.63, 3.8) is 0 Å². The highest BCUT2D eigenvalue weighted by Gasteiger charge is 2.24. The number of nitrogens with one attached hydrogen (secondary N) is 2. The Morgan fingerprint density at radius 2 is 1.81 bits per heavy atom. The van der Waals surface area contributed by atoms with Crippen molar-refractivity contribution in [1.29, 1.82) is 0 Å². The van der Waals surface area contributed by atoms with Crippen LogP contribution in [0, 0.1) is 11.8 Å². The average Bonchev–Trinajstić information content (AvgIpc) is 3.06. The number of benzene rings is 1. The molecule has 0 radical (unpaired) electrons. The molecule has 2 aromatic rings. The molecule has 2 amide bonds. The standard InChI is InChI=1S/C20H28N4O2/c1-14(2)10-18(25)23-19(15(3)4)20(26)21-11-16-12-22-24(13-16)17-8-6-5-7-9-17/h5-9,12-15,19H,10-11H2,1-4H3,(H,21,26)(H,23,25). The van der Waals surface area contributed by atoms with E-state index in [1.165, 1.54) is 0 Å². The molecular weight excluding hydrogens is 328 g/mol. The molecule has 0 fully saturated rings. The van der Waals surface area contributed by atoms with Crippen LogP contribution in [0.3, 0.4) is 0 Å². The quantitative estimate of drug-likeness (QED) is 0.763. The second-order valence-corrected chi connectivity index (χ2v) is 7.23. The maximum Gasteiger partial charge on any atom is 0.243 e. The number of nitrogens with zero attached hydrogens (tertiary/aromatic N) is 2. The number of amides is 2. The molecule has 1 atom stereocenters. The monoisotopic (exact) mass is 356 g/mol. The lowest BCUT2D eigenvalue weighted by Gasteiger charge is -2.22. The van der Waals surface area contributed by atoms with Crippen molar-refractivity contribution in [3.05, 3.63) is 48.3 Å². The average molecular weight is 356 g/mol. The van der Waals surface area contributed by atoms with Crippen molar-refractivity contribution in [2.24, 2.45) is 11.8 Å². The summed E-state index contributed by atoms with van der Waals surface area (Å²) in [5.41, 5.74) is 1.87.